The Morgan fingerprint density at radius 2 is 0.684 bits per heavy atom. The third-order valence-electron chi connectivity index (χ3n) is 6.85. The maximum Gasteiger partial charge on any atom is 0.339 e. The van der Waals surface area contributed by atoms with E-state index in [0.29, 0.717) is 10.6 Å². The van der Waals surface area contributed by atoms with Crippen LogP contribution in [0, 0.1) is 0 Å². The van der Waals surface area contributed by atoms with E-state index in [1.807, 2.05) is 121 Å². The van der Waals surface area contributed by atoms with E-state index in [0.717, 1.165) is 21.2 Å². The first-order valence-corrected chi connectivity index (χ1v) is 15.9. The van der Waals surface area contributed by atoms with Crippen LogP contribution < -0.4 is 21.2 Å². The summed E-state index contributed by atoms with van der Waals surface area (Å²) in [6, 6.07) is 39.7. The number of rotatable bonds is 6. The molecule has 4 aromatic carbocycles. The minimum Gasteiger partial charge on any atom is -0.465 e. The largest absolute Gasteiger partial charge is 0.465 e. The number of carbonyl (C=O) groups is 2. The van der Waals surface area contributed by atoms with E-state index < -0.39 is 25.7 Å². The van der Waals surface area contributed by atoms with Crippen molar-refractivity contribution in [1.82, 2.24) is 0 Å². The van der Waals surface area contributed by atoms with Crippen molar-refractivity contribution in [2.75, 3.05) is 14.2 Å². The predicted octanol–water partition coefficient (Wildman–Crippen LogP) is 4.50. The Kier molecular flexibility index (Phi) is 7.38. The van der Waals surface area contributed by atoms with Crippen molar-refractivity contribution in [1.29, 1.82) is 0 Å². The molecule has 38 heavy (non-hydrogen) atoms. The average Bonchev–Trinajstić information content (AvgIpc) is 3.01. The lowest BCUT2D eigenvalue weighted by molar-refractivity contribution is -0.138. The molecule has 1 aliphatic heterocycles. The lowest BCUT2D eigenvalue weighted by Crippen LogP contribution is -2.33. The average molecular weight is 539 g/mol. The van der Waals surface area contributed by atoms with E-state index in [4.69, 9.17) is 9.47 Å². The molecule has 4 nitrogen and oxygen atoms in total. The summed E-state index contributed by atoms with van der Waals surface area (Å²) in [6.45, 7) is -5.54. The third-order valence-corrected chi connectivity index (χ3v) is 15.1. The zero-order valence-corrected chi connectivity index (χ0v) is 23.0. The fourth-order valence-corrected chi connectivity index (χ4v) is 14.5. The van der Waals surface area contributed by atoms with Crippen LogP contribution in [0.3, 0.4) is 0 Å². The van der Waals surface area contributed by atoms with Crippen molar-refractivity contribution in [3.05, 3.63) is 132 Å². The van der Waals surface area contributed by atoms with Gasteiger partial charge in [-0.1, -0.05) is 133 Å². The van der Waals surface area contributed by atoms with Gasteiger partial charge in [0.25, 0.3) is 0 Å². The summed E-state index contributed by atoms with van der Waals surface area (Å²) < 4.78 is 11.0. The molecule has 1 heterocycles. The van der Waals surface area contributed by atoms with Crippen LogP contribution in [0.1, 0.15) is 0 Å². The molecule has 0 saturated carbocycles. The quantitative estimate of drug-likeness (QED) is 0.268. The molecule has 0 aliphatic carbocycles. The summed E-state index contributed by atoms with van der Waals surface area (Å²) in [5.74, 6) is 3.35. The molecule has 6 heteroatoms. The van der Waals surface area contributed by atoms with E-state index >= 15 is 0 Å². The molecule has 0 bridgehead atoms. The fourth-order valence-electron chi connectivity index (χ4n) is 5.17. The van der Waals surface area contributed by atoms with Gasteiger partial charge in [-0.2, -0.15) is 0 Å². The van der Waals surface area contributed by atoms with E-state index in [1.165, 1.54) is 14.2 Å². The van der Waals surface area contributed by atoms with E-state index in [2.05, 4.69) is 11.6 Å². The summed E-state index contributed by atoms with van der Waals surface area (Å²) in [7, 11) is 2.75. The monoisotopic (exact) mass is 538 g/mol. The SMILES string of the molecule is COC(=O)C1=C(C(=O)OC)P(c2ccccc2)(c2ccccc2)=CC=P1(c1ccccc1)c1ccccc1. The normalized spacial score (nSPS) is 15.5. The molecule has 0 aromatic heterocycles. The standard InChI is InChI=1S/C32H28O4P2/c1-35-31(33)29-30(32(34)36-2)38(27-19-11-5-12-20-27,28-21-13-6-14-22-28)24-23-37(29,25-15-7-3-8-16-25)26-17-9-4-10-18-26/h3-24H,1-2H3. The Bertz CT molecular complexity index is 1400. The third kappa shape index (κ3) is 4.11. The summed E-state index contributed by atoms with van der Waals surface area (Å²) in [6.07, 6.45) is 0. The van der Waals surface area contributed by atoms with Crippen molar-refractivity contribution in [3.63, 3.8) is 0 Å². The van der Waals surface area contributed by atoms with E-state index in [9.17, 15) is 9.59 Å². The van der Waals surface area contributed by atoms with Crippen LogP contribution in [0.2, 0.25) is 0 Å². The van der Waals surface area contributed by atoms with Gasteiger partial charge in [0.15, 0.2) is 0 Å². The second-order valence-corrected chi connectivity index (χ2v) is 15.2. The Hall–Kier alpha value is -3.84. The van der Waals surface area contributed by atoms with Crippen LogP contribution in [0.15, 0.2) is 132 Å². The van der Waals surface area contributed by atoms with Crippen LogP contribution in [0.5, 0.6) is 0 Å². The zero-order chi connectivity index (χ0) is 26.6. The van der Waals surface area contributed by atoms with Gasteiger partial charge in [-0.15, -0.1) is 0 Å². The highest BCUT2D eigenvalue weighted by Crippen LogP contribution is 2.66. The molecule has 1 aliphatic rings. The number of carbonyl (C=O) groups excluding carboxylic acids is 2. The molecule has 5 rings (SSSR count). The van der Waals surface area contributed by atoms with Gasteiger partial charge in [0.05, 0.1) is 24.8 Å². The van der Waals surface area contributed by atoms with Gasteiger partial charge in [-0.25, -0.2) is 9.59 Å². The van der Waals surface area contributed by atoms with Crippen molar-refractivity contribution in [2.45, 2.75) is 0 Å². The summed E-state index contributed by atoms with van der Waals surface area (Å²) in [5, 5.41) is 4.61. The number of ether oxygens (including phenoxy) is 2. The van der Waals surface area contributed by atoms with E-state index in [1.54, 1.807) is 0 Å². The molecule has 4 aromatic rings. The number of benzene rings is 4. The maximum atomic E-state index is 14.0. The minimum absolute atomic E-state index is 0.382. The second kappa shape index (κ2) is 10.9. The molecule has 0 fully saturated rings. The van der Waals surface area contributed by atoms with Crippen molar-refractivity contribution in [3.8, 4) is 0 Å². The lowest BCUT2D eigenvalue weighted by Gasteiger charge is -2.39. The maximum absolute atomic E-state index is 14.0. The first-order chi connectivity index (χ1) is 18.6. The van der Waals surface area contributed by atoms with Gasteiger partial charge in [0.2, 0.25) is 0 Å². The molecule has 0 amide bonds. The first-order valence-electron chi connectivity index (χ1n) is 12.2. The topological polar surface area (TPSA) is 52.6 Å². The molecule has 0 saturated heterocycles. The Labute approximate surface area is 223 Å². The zero-order valence-electron chi connectivity index (χ0n) is 21.2. The highest BCUT2D eigenvalue weighted by atomic mass is 31.2. The van der Waals surface area contributed by atoms with Gasteiger partial charge in [0, 0.05) is 0 Å². The predicted molar refractivity (Wildman–Crippen MR) is 161 cm³/mol. The van der Waals surface area contributed by atoms with Crippen molar-refractivity contribution >= 4 is 58.5 Å². The van der Waals surface area contributed by atoms with Crippen LogP contribution >= 0.6 is 13.8 Å². The number of methoxy groups -OCH3 is 2. The first kappa shape index (κ1) is 25.8. The molecule has 190 valence electrons. The summed E-state index contributed by atoms with van der Waals surface area (Å²) in [5.41, 5.74) is 0. The van der Waals surface area contributed by atoms with Gasteiger partial charge in [-0.3, -0.25) is 0 Å². The van der Waals surface area contributed by atoms with Crippen LogP contribution in [0.4, 0.5) is 0 Å². The molecule has 0 unspecified atom stereocenters. The van der Waals surface area contributed by atoms with Crippen molar-refractivity contribution in [2.24, 2.45) is 0 Å². The Morgan fingerprint density at radius 3 is 0.895 bits per heavy atom. The van der Waals surface area contributed by atoms with Crippen LogP contribution in [-0.2, 0) is 19.1 Å². The highest BCUT2D eigenvalue weighted by molar-refractivity contribution is 8.01. The van der Waals surface area contributed by atoms with Gasteiger partial charge >= 0.3 is 11.9 Å². The fraction of sp³-hybridized carbons (Fsp3) is 0.0625. The molecule has 0 radical (unpaired) electrons. The molecular weight excluding hydrogens is 510 g/mol. The number of hydrogen-bond acceptors (Lipinski definition) is 4. The van der Waals surface area contributed by atoms with Crippen molar-refractivity contribution < 1.29 is 19.1 Å². The highest BCUT2D eigenvalue weighted by Gasteiger charge is 2.45. The minimum atomic E-state index is -2.77. The second-order valence-electron chi connectivity index (χ2n) is 8.77. The Morgan fingerprint density at radius 1 is 0.447 bits per heavy atom. The number of hydrogen-bond donors (Lipinski definition) is 0. The molecular formula is C32H28O4P2. The van der Waals surface area contributed by atoms with Gasteiger partial charge < -0.3 is 9.47 Å². The number of esters is 2. The van der Waals surface area contributed by atoms with Crippen LogP contribution in [-0.4, -0.2) is 37.8 Å². The molecule has 0 atom stereocenters. The lowest BCUT2D eigenvalue weighted by atomic mass is 10.4. The smallest absolute Gasteiger partial charge is 0.339 e. The van der Waals surface area contributed by atoms with Crippen LogP contribution in [0.25, 0.3) is 0 Å². The van der Waals surface area contributed by atoms with Gasteiger partial charge in [0.1, 0.15) is 0 Å². The van der Waals surface area contributed by atoms with E-state index in [-0.39, 0.29) is 0 Å². The molecule has 0 N–H and O–H groups in total. The van der Waals surface area contributed by atoms with Gasteiger partial charge in [-0.05, 0) is 35.0 Å². The molecule has 0 spiro atoms. The summed E-state index contributed by atoms with van der Waals surface area (Å²) >= 11 is 0. The summed E-state index contributed by atoms with van der Waals surface area (Å²) in [4.78, 5) is 28.1. The Balaban J connectivity index is 2.09.